The number of aryl methyl sites for hydroxylation is 2. The topological polar surface area (TPSA) is 68.5 Å². The van der Waals surface area contributed by atoms with Crippen molar-refractivity contribution in [2.45, 2.75) is 33.1 Å². The lowest BCUT2D eigenvalue weighted by atomic mass is 9.94. The molecule has 5 nitrogen and oxygen atoms in total. The summed E-state index contributed by atoms with van der Waals surface area (Å²) in [7, 11) is 0. The van der Waals surface area contributed by atoms with Crippen LogP contribution in [0.1, 0.15) is 50.6 Å². The van der Waals surface area contributed by atoms with Crippen molar-refractivity contribution in [2.75, 3.05) is 5.32 Å². The lowest BCUT2D eigenvalue weighted by molar-refractivity contribution is 0.0963. The van der Waals surface area contributed by atoms with E-state index in [1.165, 1.54) is 0 Å². The molecule has 0 unspecified atom stereocenters. The van der Waals surface area contributed by atoms with Gasteiger partial charge in [0.25, 0.3) is 5.91 Å². The summed E-state index contributed by atoms with van der Waals surface area (Å²) in [5.74, 6) is 1.68. The Morgan fingerprint density at radius 3 is 2.68 bits per heavy atom. The normalized spacial score (nSPS) is 13.1. The maximum absolute atomic E-state index is 12.8. The molecule has 0 fully saturated rings. The Labute approximate surface area is 163 Å². The predicted octanol–water partition coefficient (Wildman–Crippen LogP) is 5.46. The molecular weight excluding hydrogens is 354 g/mol. The van der Waals surface area contributed by atoms with E-state index in [1.807, 2.05) is 43.3 Å². The Kier molecular flexibility index (Phi) is 4.74. The fourth-order valence-corrected chi connectivity index (χ4v) is 3.51. The summed E-state index contributed by atoms with van der Waals surface area (Å²) in [5, 5.41) is 2.86. The quantitative estimate of drug-likeness (QED) is 0.657. The van der Waals surface area contributed by atoms with E-state index in [2.05, 4.69) is 5.32 Å². The maximum Gasteiger partial charge on any atom is 0.291 e. The number of rotatable bonds is 4. The van der Waals surface area contributed by atoms with Crippen molar-refractivity contribution in [1.82, 2.24) is 0 Å². The van der Waals surface area contributed by atoms with E-state index >= 15 is 0 Å². The van der Waals surface area contributed by atoms with Crippen molar-refractivity contribution < 1.29 is 18.7 Å². The molecular formula is C23H21NO4. The van der Waals surface area contributed by atoms with Crippen LogP contribution in [0.3, 0.4) is 0 Å². The zero-order valence-corrected chi connectivity index (χ0v) is 15.9. The summed E-state index contributed by atoms with van der Waals surface area (Å²) < 4.78 is 11.7. The average molecular weight is 375 g/mol. The molecule has 1 aliphatic rings. The zero-order valence-electron chi connectivity index (χ0n) is 15.9. The van der Waals surface area contributed by atoms with Gasteiger partial charge in [-0.25, -0.2) is 0 Å². The second kappa shape index (κ2) is 7.35. The standard InChI is InChI=1S/C23H21NO4/c1-14-7-5-8-16(13-14)27-19-11-4-3-9-17(19)24-23(26)22-15(2)21-18(25)10-6-12-20(21)28-22/h3-5,7-9,11,13H,6,10,12H2,1-2H3,(H,24,26). The Morgan fingerprint density at radius 1 is 1.07 bits per heavy atom. The lowest BCUT2D eigenvalue weighted by Crippen LogP contribution is -2.13. The van der Waals surface area contributed by atoms with Crippen LogP contribution in [-0.2, 0) is 6.42 Å². The number of carbonyl (C=O) groups is 2. The molecule has 0 atom stereocenters. The molecule has 1 aromatic heterocycles. The highest BCUT2D eigenvalue weighted by Gasteiger charge is 2.29. The first-order valence-electron chi connectivity index (χ1n) is 9.33. The summed E-state index contributed by atoms with van der Waals surface area (Å²) in [6, 6.07) is 14.9. The first-order chi connectivity index (χ1) is 13.5. The number of carbonyl (C=O) groups excluding carboxylic acids is 2. The van der Waals surface area contributed by atoms with Gasteiger partial charge in [-0.3, -0.25) is 9.59 Å². The number of ether oxygens (including phenoxy) is 1. The molecule has 1 aliphatic carbocycles. The van der Waals surface area contributed by atoms with Crippen LogP contribution in [0, 0.1) is 13.8 Å². The van der Waals surface area contributed by atoms with Crippen molar-refractivity contribution >= 4 is 17.4 Å². The number of ketones is 1. The van der Waals surface area contributed by atoms with Gasteiger partial charge in [0, 0.05) is 18.4 Å². The van der Waals surface area contributed by atoms with Crippen molar-refractivity contribution in [3.63, 3.8) is 0 Å². The third-order valence-corrected chi connectivity index (χ3v) is 4.87. The lowest BCUT2D eigenvalue weighted by Gasteiger charge is -2.12. The van der Waals surface area contributed by atoms with E-state index in [-0.39, 0.29) is 17.5 Å². The average Bonchev–Trinajstić information content (AvgIpc) is 3.01. The van der Waals surface area contributed by atoms with Gasteiger partial charge in [-0.1, -0.05) is 24.3 Å². The number of hydrogen-bond acceptors (Lipinski definition) is 4. The maximum atomic E-state index is 12.8. The van der Waals surface area contributed by atoms with Gasteiger partial charge in [0.2, 0.25) is 0 Å². The van der Waals surface area contributed by atoms with E-state index in [1.54, 1.807) is 19.1 Å². The Morgan fingerprint density at radius 2 is 1.89 bits per heavy atom. The summed E-state index contributed by atoms with van der Waals surface area (Å²) in [4.78, 5) is 25.0. The summed E-state index contributed by atoms with van der Waals surface area (Å²) >= 11 is 0. The molecule has 4 rings (SSSR count). The molecule has 3 aromatic rings. The molecule has 0 spiro atoms. The molecule has 0 bridgehead atoms. The first-order valence-corrected chi connectivity index (χ1v) is 9.33. The number of furan rings is 1. The van der Waals surface area contributed by atoms with Gasteiger partial charge in [0.15, 0.2) is 17.3 Å². The van der Waals surface area contributed by atoms with Crippen LogP contribution in [0.5, 0.6) is 11.5 Å². The molecule has 28 heavy (non-hydrogen) atoms. The number of amides is 1. The minimum atomic E-state index is -0.389. The van der Waals surface area contributed by atoms with E-state index < -0.39 is 0 Å². The second-order valence-electron chi connectivity index (χ2n) is 7.00. The Hall–Kier alpha value is -3.34. The number of fused-ring (bicyclic) bond motifs is 1. The molecule has 5 heteroatoms. The summed E-state index contributed by atoms with van der Waals surface area (Å²) in [6.07, 6.45) is 1.94. The van der Waals surface area contributed by atoms with Crippen LogP contribution in [0.15, 0.2) is 52.9 Å². The molecule has 2 aromatic carbocycles. The van der Waals surface area contributed by atoms with Gasteiger partial charge < -0.3 is 14.5 Å². The van der Waals surface area contributed by atoms with Crippen molar-refractivity contribution in [3.8, 4) is 11.5 Å². The number of anilines is 1. The number of Topliss-reactive ketones (excluding diaryl/α,β-unsaturated/α-hetero) is 1. The van der Waals surface area contributed by atoms with Crippen LogP contribution in [0.2, 0.25) is 0 Å². The Bertz CT molecular complexity index is 1060. The highest BCUT2D eigenvalue weighted by atomic mass is 16.5. The molecule has 142 valence electrons. The number of hydrogen-bond donors (Lipinski definition) is 1. The smallest absolute Gasteiger partial charge is 0.291 e. The van der Waals surface area contributed by atoms with Gasteiger partial charge >= 0.3 is 0 Å². The summed E-state index contributed by atoms with van der Waals surface area (Å²) in [6.45, 7) is 3.75. The fourth-order valence-electron chi connectivity index (χ4n) is 3.51. The van der Waals surface area contributed by atoms with Crippen LogP contribution in [-0.4, -0.2) is 11.7 Å². The molecule has 0 saturated heterocycles. The van der Waals surface area contributed by atoms with Gasteiger partial charge in [-0.05, 0) is 50.1 Å². The third kappa shape index (κ3) is 3.43. The highest BCUT2D eigenvalue weighted by molar-refractivity contribution is 6.08. The SMILES string of the molecule is Cc1cccc(Oc2ccccc2NC(=O)c2oc3c(c2C)C(=O)CCC3)c1. The van der Waals surface area contributed by atoms with Gasteiger partial charge in [0.05, 0.1) is 11.3 Å². The van der Waals surface area contributed by atoms with Crippen LogP contribution in [0.4, 0.5) is 5.69 Å². The first kappa shape index (κ1) is 18.0. The van der Waals surface area contributed by atoms with Gasteiger partial charge in [0.1, 0.15) is 11.5 Å². The number of benzene rings is 2. The molecule has 1 N–H and O–H groups in total. The fraction of sp³-hybridized carbons (Fsp3) is 0.217. The minimum Gasteiger partial charge on any atom is -0.455 e. The van der Waals surface area contributed by atoms with Crippen molar-refractivity contribution in [3.05, 3.63) is 76.7 Å². The largest absolute Gasteiger partial charge is 0.455 e. The molecule has 0 saturated carbocycles. The predicted molar refractivity (Wildman–Crippen MR) is 106 cm³/mol. The minimum absolute atomic E-state index is 0.0460. The molecule has 0 aliphatic heterocycles. The van der Waals surface area contributed by atoms with Crippen molar-refractivity contribution in [1.29, 1.82) is 0 Å². The number of para-hydroxylation sites is 2. The van der Waals surface area contributed by atoms with Crippen LogP contribution >= 0.6 is 0 Å². The third-order valence-electron chi connectivity index (χ3n) is 4.87. The van der Waals surface area contributed by atoms with Crippen LogP contribution in [0.25, 0.3) is 0 Å². The van der Waals surface area contributed by atoms with E-state index in [0.717, 1.165) is 12.0 Å². The van der Waals surface area contributed by atoms with Gasteiger partial charge in [-0.2, -0.15) is 0 Å². The summed E-state index contributed by atoms with van der Waals surface area (Å²) in [5.41, 5.74) is 2.80. The molecule has 0 radical (unpaired) electrons. The van der Waals surface area contributed by atoms with Gasteiger partial charge in [-0.15, -0.1) is 0 Å². The molecule has 1 heterocycles. The second-order valence-corrected chi connectivity index (χ2v) is 7.00. The highest BCUT2D eigenvalue weighted by Crippen LogP contribution is 2.32. The monoisotopic (exact) mass is 375 g/mol. The van der Waals surface area contributed by atoms with E-state index in [4.69, 9.17) is 9.15 Å². The van der Waals surface area contributed by atoms with E-state index in [9.17, 15) is 9.59 Å². The van der Waals surface area contributed by atoms with Crippen molar-refractivity contribution in [2.24, 2.45) is 0 Å². The van der Waals surface area contributed by atoms with E-state index in [0.29, 0.717) is 46.9 Å². The Balaban J connectivity index is 1.60. The zero-order chi connectivity index (χ0) is 19.7. The molecule has 1 amide bonds. The number of nitrogens with one attached hydrogen (secondary N) is 1. The van der Waals surface area contributed by atoms with Crippen LogP contribution < -0.4 is 10.1 Å².